The quantitative estimate of drug-likeness (QED) is 0.725. The molecule has 7 nitrogen and oxygen atoms in total. The third kappa shape index (κ3) is 3.46. The minimum Gasteiger partial charge on any atom is -0.408 e. The smallest absolute Gasteiger partial charge is 0.408 e. The first-order valence-corrected chi connectivity index (χ1v) is 9.90. The van der Waals surface area contributed by atoms with Gasteiger partial charge in [-0.3, -0.25) is 14.5 Å². The molecule has 8 heteroatoms. The highest BCUT2D eigenvalue weighted by atomic mass is 35.5. The number of halogens is 1. The van der Waals surface area contributed by atoms with Crippen LogP contribution in [0.25, 0.3) is 11.1 Å². The normalized spacial score (nSPS) is 17.4. The summed E-state index contributed by atoms with van der Waals surface area (Å²) in [4.78, 5) is 27.1. The van der Waals surface area contributed by atoms with Crippen molar-refractivity contribution in [1.29, 1.82) is 0 Å². The molecule has 1 fully saturated rings. The van der Waals surface area contributed by atoms with E-state index in [-0.39, 0.29) is 11.9 Å². The van der Waals surface area contributed by atoms with E-state index in [0.717, 1.165) is 29.8 Å². The van der Waals surface area contributed by atoms with Crippen LogP contribution in [0.3, 0.4) is 0 Å². The number of benzene rings is 1. The highest BCUT2D eigenvalue weighted by Gasteiger charge is 2.28. The molecule has 0 saturated carbocycles. The number of fused-ring (bicyclic) bond motifs is 1. The van der Waals surface area contributed by atoms with Crippen molar-refractivity contribution >= 4 is 28.6 Å². The monoisotopic (exact) mass is 402 g/mol. The standard InChI is InChI=1S/C20H23ClN4O3/c1-12-16(13(2)23-22-12)6-8-19(26)24-9-3-4-15(11-24)25-17-10-14(21)5-7-18(17)28-20(25)27/h5,7,10,15H,3-4,6,8-9,11H2,1-2H3,(H,22,23). The van der Waals surface area contributed by atoms with Gasteiger partial charge in [0.15, 0.2) is 5.58 Å². The summed E-state index contributed by atoms with van der Waals surface area (Å²) < 4.78 is 7.00. The number of nitrogens with zero attached hydrogens (tertiary/aromatic N) is 3. The minimum absolute atomic E-state index is 0.101. The van der Waals surface area contributed by atoms with Gasteiger partial charge >= 0.3 is 5.76 Å². The van der Waals surface area contributed by atoms with Gasteiger partial charge in [-0.15, -0.1) is 0 Å². The zero-order valence-electron chi connectivity index (χ0n) is 16.0. The van der Waals surface area contributed by atoms with Crippen molar-refractivity contribution in [1.82, 2.24) is 19.7 Å². The lowest BCUT2D eigenvalue weighted by Crippen LogP contribution is -2.42. The lowest BCUT2D eigenvalue weighted by molar-refractivity contribution is -0.132. The second-order valence-corrected chi connectivity index (χ2v) is 7.83. The Morgan fingerprint density at radius 1 is 1.39 bits per heavy atom. The minimum atomic E-state index is -0.402. The number of aromatic nitrogens is 3. The molecule has 0 bridgehead atoms. The van der Waals surface area contributed by atoms with E-state index in [0.29, 0.717) is 42.1 Å². The van der Waals surface area contributed by atoms with E-state index in [1.807, 2.05) is 18.7 Å². The average Bonchev–Trinajstić information content (AvgIpc) is 3.17. The Kier molecular flexibility index (Phi) is 5.02. The Morgan fingerprint density at radius 2 is 2.21 bits per heavy atom. The van der Waals surface area contributed by atoms with Gasteiger partial charge in [0.2, 0.25) is 5.91 Å². The molecule has 1 unspecified atom stereocenters. The number of likely N-dealkylation sites (tertiary alicyclic amines) is 1. The number of amides is 1. The van der Waals surface area contributed by atoms with Crippen LogP contribution in [0.1, 0.15) is 42.3 Å². The molecular formula is C20H23ClN4O3. The fraction of sp³-hybridized carbons (Fsp3) is 0.450. The lowest BCUT2D eigenvalue weighted by atomic mass is 10.0. The number of aryl methyl sites for hydroxylation is 2. The Balaban J connectivity index is 1.50. The summed E-state index contributed by atoms with van der Waals surface area (Å²) in [6.07, 6.45) is 2.77. The van der Waals surface area contributed by atoms with Crippen molar-refractivity contribution in [2.24, 2.45) is 0 Å². The number of hydrogen-bond donors (Lipinski definition) is 1. The van der Waals surface area contributed by atoms with E-state index in [2.05, 4.69) is 10.2 Å². The number of H-pyrrole nitrogens is 1. The van der Waals surface area contributed by atoms with Gasteiger partial charge in [0.1, 0.15) is 0 Å². The van der Waals surface area contributed by atoms with Crippen LogP contribution in [0.2, 0.25) is 5.02 Å². The molecular weight excluding hydrogens is 380 g/mol. The highest BCUT2D eigenvalue weighted by molar-refractivity contribution is 6.31. The third-order valence-electron chi connectivity index (χ3n) is 5.56. The predicted octanol–water partition coefficient (Wildman–Crippen LogP) is 3.38. The van der Waals surface area contributed by atoms with Crippen molar-refractivity contribution in [3.8, 4) is 0 Å². The van der Waals surface area contributed by atoms with Gasteiger partial charge in [-0.05, 0) is 56.9 Å². The van der Waals surface area contributed by atoms with Crippen molar-refractivity contribution in [3.05, 3.63) is 50.7 Å². The largest absolute Gasteiger partial charge is 0.420 e. The van der Waals surface area contributed by atoms with E-state index < -0.39 is 5.76 Å². The van der Waals surface area contributed by atoms with Crippen LogP contribution in [-0.2, 0) is 11.2 Å². The molecule has 3 aromatic rings. The summed E-state index contributed by atoms with van der Waals surface area (Å²) in [7, 11) is 0. The van der Waals surface area contributed by atoms with Crippen LogP contribution in [0.5, 0.6) is 0 Å². The Labute approximate surface area is 167 Å². The van der Waals surface area contributed by atoms with Crippen LogP contribution >= 0.6 is 11.6 Å². The molecule has 0 aliphatic carbocycles. The van der Waals surface area contributed by atoms with Crippen molar-refractivity contribution in [3.63, 3.8) is 0 Å². The number of rotatable bonds is 4. The predicted molar refractivity (Wildman–Crippen MR) is 107 cm³/mol. The van der Waals surface area contributed by atoms with Crippen molar-refractivity contribution < 1.29 is 9.21 Å². The number of carbonyl (C=O) groups excluding carboxylic acids is 1. The Hall–Kier alpha value is -2.54. The zero-order valence-corrected chi connectivity index (χ0v) is 16.8. The van der Waals surface area contributed by atoms with Gasteiger partial charge in [0, 0.05) is 30.2 Å². The number of carbonyl (C=O) groups is 1. The zero-order chi connectivity index (χ0) is 19.8. The van der Waals surface area contributed by atoms with E-state index in [1.165, 1.54) is 0 Å². The topological polar surface area (TPSA) is 84.1 Å². The van der Waals surface area contributed by atoms with Gasteiger partial charge in [-0.25, -0.2) is 4.79 Å². The third-order valence-corrected chi connectivity index (χ3v) is 5.79. The van der Waals surface area contributed by atoms with Gasteiger partial charge < -0.3 is 9.32 Å². The second kappa shape index (κ2) is 7.47. The summed E-state index contributed by atoms with van der Waals surface area (Å²) in [5.74, 6) is -0.301. The lowest BCUT2D eigenvalue weighted by Gasteiger charge is -2.33. The summed E-state index contributed by atoms with van der Waals surface area (Å²) >= 11 is 6.10. The summed E-state index contributed by atoms with van der Waals surface area (Å²) in [6.45, 7) is 5.13. The van der Waals surface area contributed by atoms with E-state index >= 15 is 0 Å². The number of hydrogen-bond acceptors (Lipinski definition) is 4. The number of aromatic amines is 1. The maximum Gasteiger partial charge on any atom is 0.420 e. The van der Waals surface area contributed by atoms with Crippen LogP contribution in [0.15, 0.2) is 27.4 Å². The second-order valence-electron chi connectivity index (χ2n) is 7.40. The number of oxazole rings is 1. The first kappa shape index (κ1) is 18.8. The molecule has 148 valence electrons. The molecule has 1 N–H and O–H groups in total. The van der Waals surface area contributed by atoms with Crippen LogP contribution < -0.4 is 5.76 Å². The number of nitrogens with one attached hydrogen (secondary N) is 1. The van der Waals surface area contributed by atoms with Crippen molar-refractivity contribution in [2.45, 2.75) is 45.6 Å². The van der Waals surface area contributed by atoms with Crippen LogP contribution in [0.4, 0.5) is 0 Å². The molecule has 1 amide bonds. The number of piperidine rings is 1. The maximum absolute atomic E-state index is 12.8. The Bertz CT molecular complexity index is 1060. The molecule has 0 spiro atoms. The highest BCUT2D eigenvalue weighted by Crippen LogP contribution is 2.27. The molecule has 1 atom stereocenters. The fourth-order valence-electron chi connectivity index (χ4n) is 4.08. The van der Waals surface area contributed by atoms with Gasteiger partial charge in [-0.1, -0.05) is 11.6 Å². The van der Waals surface area contributed by atoms with Gasteiger partial charge in [0.25, 0.3) is 0 Å². The SMILES string of the molecule is Cc1n[nH]c(C)c1CCC(=O)N1CCCC(n2c(=O)oc3ccc(Cl)cc32)C1. The molecule has 3 heterocycles. The van der Waals surface area contributed by atoms with Crippen molar-refractivity contribution in [2.75, 3.05) is 13.1 Å². The molecule has 2 aromatic heterocycles. The van der Waals surface area contributed by atoms with Gasteiger partial charge in [-0.2, -0.15) is 5.10 Å². The maximum atomic E-state index is 12.8. The molecule has 1 aromatic carbocycles. The van der Waals surface area contributed by atoms with Crippen LogP contribution in [-0.4, -0.2) is 38.7 Å². The Morgan fingerprint density at radius 3 is 2.96 bits per heavy atom. The average molecular weight is 403 g/mol. The summed E-state index contributed by atoms with van der Waals surface area (Å²) in [5, 5.41) is 7.70. The molecule has 1 saturated heterocycles. The van der Waals surface area contributed by atoms with E-state index in [1.54, 1.807) is 22.8 Å². The molecule has 1 aliphatic heterocycles. The molecule has 0 radical (unpaired) electrons. The first-order chi connectivity index (χ1) is 13.4. The molecule has 28 heavy (non-hydrogen) atoms. The molecule has 1 aliphatic rings. The van der Waals surface area contributed by atoms with Crippen LogP contribution in [0, 0.1) is 13.8 Å². The first-order valence-electron chi connectivity index (χ1n) is 9.53. The van der Waals surface area contributed by atoms with Gasteiger partial charge in [0.05, 0.1) is 17.3 Å². The fourth-order valence-corrected chi connectivity index (χ4v) is 4.24. The molecule has 4 rings (SSSR count). The summed E-state index contributed by atoms with van der Waals surface area (Å²) in [6, 6.07) is 5.04. The summed E-state index contributed by atoms with van der Waals surface area (Å²) in [5.41, 5.74) is 4.25. The van der Waals surface area contributed by atoms with E-state index in [9.17, 15) is 9.59 Å². The van der Waals surface area contributed by atoms with E-state index in [4.69, 9.17) is 16.0 Å².